The molecule has 0 amide bonds. The van der Waals surface area contributed by atoms with Crippen LogP contribution in [-0.4, -0.2) is 7.11 Å². The summed E-state index contributed by atoms with van der Waals surface area (Å²) in [7, 11) is 1.65. The molecule has 1 saturated carbocycles. The first-order valence-corrected chi connectivity index (χ1v) is 5.49. The third kappa shape index (κ3) is 1.48. The highest BCUT2D eigenvalue weighted by Crippen LogP contribution is 2.39. The quantitative estimate of drug-likeness (QED) is 0.569. The monoisotopic (exact) mass is 215 g/mol. The summed E-state index contributed by atoms with van der Waals surface area (Å²) in [6, 6.07) is 7.75. The minimum absolute atomic E-state index is 0.466. The molecule has 1 aromatic heterocycles. The zero-order chi connectivity index (χ0) is 11.1. The molecule has 1 aliphatic rings. The highest BCUT2D eigenvalue weighted by atomic mass is 16.5. The minimum atomic E-state index is 0.466. The van der Waals surface area contributed by atoms with Gasteiger partial charge in [0.15, 0.2) is 11.9 Å². The Labute approximate surface area is 93.9 Å². The molecule has 1 heterocycles. The Balaban J connectivity index is 2.19. The molecule has 0 unspecified atom stereocenters. The molecule has 3 rings (SSSR count). The number of aromatic nitrogens is 1. The number of hydrogen-bond acceptors (Lipinski definition) is 2. The second-order valence-corrected chi connectivity index (χ2v) is 4.29. The average molecular weight is 215 g/mol. The third-order valence-corrected chi connectivity index (χ3v) is 3.10. The van der Waals surface area contributed by atoms with Gasteiger partial charge in [-0.2, -0.15) is 4.73 Å². The highest BCUT2D eigenvalue weighted by Gasteiger charge is 2.30. The molecule has 3 nitrogen and oxygen atoms in total. The van der Waals surface area contributed by atoms with Crippen molar-refractivity contribution in [2.75, 3.05) is 7.11 Å². The van der Waals surface area contributed by atoms with Crippen molar-refractivity contribution in [1.82, 2.24) is 0 Å². The topological polar surface area (TPSA) is 36.2 Å². The van der Waals surface area contributed by atoms with E-state index < -0.39 is 0 Å². The SMILES string of the molecule is COc1ccc2c[n+]([O-])c(C3CC3)cc2c1. The van der Waals surface area contributed by atoms with Crippen LogP contribution in [0, 0.1) is 5.21 Å². The summed E-state index contributed by atoms with van der Waals surface area (Å²) in [4.78, 5) is 0. The lowest BCUT2D eigenvalue weighted by Crippen LogP contribution is -2.30. The Morgan fingerprint density at radius 2 is 2.06 bits per heavy atom. The van der Waals surface area contributed by atoms with E-state index in [1.54, 1.807) is 13.3 Å². The van der Waals surface area contributed by atoms with Gasteiger partial charge in [-0.05, 0) is 36.4 Å². The molecule has 16 heavy (non-hydrogen) atoms. The first kappa shape index (κ1) is 9.46. The molecule has 3 heteroatoms. The van der Waals surface area contributed by atoms with Gasteiger partial charge in [0, 0.05) is 17.4 Å². The number of pyridine rings is 1. The van der Waals surface area contributed by atoms with Crippen LogP contribution in [0.5, 0.6) is 5.75 Å². The predicted octanol–water partition coefficient (Wildman–Crippen LogP) is 2.36. The van der Waals surface area contributed by atoms with Crippen LogP contribution >= 0.6 is 0 Å². The molecule has 1 aliphatic carbocycles. The zero-order valence-electron chi connectivity index (χ0n) is 9.14. The molecule has 1 fully saturated rings. The average Bonchev–Trinajstić information content (AvgIpc) is 3.11. The summed E-state index contributed by atoms with van der Waals surface area (Å²) in [5.41, 5.74) is 0.890. The van der Waals surface area contributed by atoms with E-state index in [-0.39, 0.29) is 0 Å². The Hall–Kier alpha value is -1.77. The molecular formula is C13H13NO2. The van der Waals surface area contributed by atoms with Crippen molar-refractivity contribution in [2.45, 2.75) is 18.8 Å². The third-order valence-electron chi connectivity index (χ3n) is 3.10. The molecule has 82 valence electrons. The van der Waals surface area contributed by atoms with Crippen LogP contribution in [0.25, 0.3) is 10.8 Å². The zero-order valence-corrected chi connectivity index (χ0v) is 9.14. The summed E-state index contributed by atoms with van der Waals surface area (Å²) < 4.78 is 6.19. The highest BCUT2D eigenvalue weighted by molar-refractivity contribution is 5.82. The molecule has 0 atom stereocenters. The van der Waals surface area contributed by atoms with Gasteiger partial charge < -0.3 is 9.94 Å². The van der Waals surface area contributed by atoms with Gasteiger partial charge in [0.25, 0.3) is 0 Å². The largest absolute Gasteiger partial charge is 0.618 e. The first-order chi connectivity index (χ1) is 7.78. The van der Waals surface area contributed by atoms with E-state index in [9.17, 15) is 5.21 Å². The van der Waals surface area contributed by atoms with Crippen molar-refractivity contribution in [3.05, 3.63) is 41.4 Å². The summed E-state index contributed by atoms with van der Waals surface area (Å²) in [6.45, 7) is 0. The van der Waals surface area contributed by atoms with E-state index in [2.05, 4.69) is 0 Å². The fourth-order valence-electron chi connectivity index (χ4n) is 2.02. The number of nitrogens with zero attached hydrogens (tertiary/aromatic N) is 1. The molecule has 0 bridgehead atoms. The maximum absolute atomic E-state index is 11.8. The summed E-state index contributed by atoms with van der Waals surface area (Å²) >= 11 is 0. The van der Waals surface area contributed by atoms with Crippen molar-refractivity contribution in [3.63, 3.8) is 0 Å². The van der Waals surface area contributed by atoms with Gasteiger partial charge >= 0.3 is 0 Å². The number of fused-ring (bicyclic) bond motifs is 1. The fraction of sp³-hybridized carbons (Fsp3) is 0.308. The van der Waals surface area contributed by atoms with Crippen LogP contribution < -0.4 is 9.47 Å². The van der Waals surface area contributed by atoms with Gasteiger partial charge in [-0.15, -0.1) is 0 Å². The van der Waals surface area contributed by atoms with Crippen LogP contribution in [0.15, 0.2) is 30.5 Å². The van der Waals surface area contributed by atoms with Crippen LogP contribution in [0.3, 0.4) is 0 Å². The number of ether oxygens (including phenoxy) is 1. The Bertz CT molecular complexity index is 547. The first-order valence-electron chi connectivity index (χ1n) is 5.49. The lowest BCUT2D eigenvalue weighted by molar-refractivity contribution is -0.612. The maximum atomic E-state index is 11.8. The van der Waals surface area contributed by atoms with E-state index in [4.69, 9.17) is 4.74 Å². The van der Waals surface area contributed by atoms with Crippen LogP contribution in [0.4, 0.5) is 0 Å². The fourth-order valence-corrected chi connectivity index (χ4v) is 2.02. The smallest absolute Gasteiger partial charge is 0.196 e. The molecule has 1 aromatic carbocycles. The standard InChI is InChI=1S/C13H13NO2/c1-16-12-5-4-10-8-14(15)13(9-2-3-9)7-11(10)6-12/h4-9H,2-3H2,1H3. The van der Waals surface area contributed by atoms with Gasteiger partial charge in [-0.25, -0.2) is 0 Å². The van der Waals surface area contributed by atoms with Gasteiger partial charge in [0.05, 0.1) is 7.11 Å². The second kappa shape index (κ2) is 3.37. The molecule has 0 spiro atoms. The van der Waals surface area contributed by atoms with Crippen LogP contribution in [-0.2, 0) is 0 Å². The van der Waals surface area contributed by atoms with E-state index in [1.165, 1.54) is 0 Å². The maximum Gasteiger partial charge on any atom is 0.196 e. The molecule has 0 saturated heterocycles. The van der Waals surface area contributed by atoms with Crippen molar-refractivity contribution >= 4 is 10.8 Å². The van der Waals surface area contributed by atoms with Gasteiger partial charge in [-0.1, -0.05) is 0 Å². The van der Waals surface area contributed by atoms with Crippen molar-refractivity contribution in [2.24, 2.45) is 0 Å². The summed E-state index contributed by atoms with van der Waals surface area (Å²) in [6.07, 6.45) is 3.93. The van der Waals surface area contributed by atoms with Crippen molar-refractivity contribution < 1.29 is 9.47 Å². The van der Waals surface area contributed by atoms with Crippen LogP contribution in [0.1, 0.15) is 24.5 Å². The van der Waals surface area contributed by atoms with Gasteiger partial charge in [0.2, 0.25) is 0 Å². The lowest BCUT2D eigenvalue weighted by Gasteiger charge is -2.06. The van der Waals surface area contributed by atoms with Gasteiger partial charge in [0.1, 0.15) is 5.75 Å². The molecule has 0 aliphatic heterocycles. The Morgan fingerprint density at radius 3 is 2.75 bits per heavy atom. The molecular weight excluding hydrogens is 202 g/mol. The number of rotatable bonds is 2. The molecule has 0 radical (unpaired) electrons. The summed E-state index contributed by atoms with van der Waals surface area (Å²) in [5.74, 6) is 1.30. The second-order valence-electron chi connectivity index (χ2n) is 4.29. The number of benzene rings is 1. The van der Waals surface area contributed by atoms with Crippen LogP contribution in [0.2, 0.25) is 0 Å². The predicted molar refractivity (Wildman–Crippen MR) is 61.4 cm³/mol. The minimum Gasteiger partial charge on any atom is -0.618 e. The van der Waals surface area contributed by atoms with E-state index in [0.29, 0.717) is 5.92 Å². The normalized spacial score (nSPS) is 15.3. The Kier molecular flexibility index (Phi) is 1.99. The summed E-state index contributed by atoms with van der Waals surface area (Å²) in [5, 5.41) is 13.8. The lowest BCUT2D eigenvalue weighted by atomic mass is 10.1. The number of hydrogen-bond donors (Lipinski definition) is 0. The van der Waals surface area contributed by atoms with E-state index in [1.807, 2.05) is 24.3 Å². The molecule has 0 N–H and O–H groups in total. The van der Waals surface area contributed by atoms with E-state index >= 15 is 0 Å². The molecule has 2 aromatic rings. The Morgan fingerprint density at radius 1 is 1.25 bits per heavy atom. The van der Waals surface area contributed by atoms with Gasteiger partial charge in [-0.3, -0.25) is 0 Å². The van der Waals surface area contributed by atoms with E-state index in [0.717, 1.165) is 39.8 Å². The van der Waals surface area contributed by atoms with Crippen molar-refractivity contribution in [1.29, 1.82) is 0 Å². The van der Waals surface area contributed by atoms with Crippen molar-refractivity contribution in [3.8, 4) is 5.75 Å². The number of methoxy groups -OCH3 is 1.